The molecule has 0 amide bonds. The van der Waals surface area contributed by atoms with E-state index < -0.39 is 0 Å². The van der Waals surface area contributed by atoms with Gasteiger partial charge in [0.05, 0.1) is 0 Å². The monoisotopic (exact) mass is 319 g/mol. The number of hydrogen-bond donors (Lipinski definition) is 1. The molecule has 1 aliphatic rings. The van der Waals surface area contributed by atoms with Crippen molar-refractivity contribution in [2.75, 3.05) is 6.54 Å². The number of rotatable bonds is 3. The van der Waals surface area contributed by atoms with Crippen LogP contribution in [0.2, 0.25) is 10.0 Å². The van der Waals surface area contributed by atoms with Crippen LogP contribution in [0.15, 0.2) is 48.5 Å². The van der Waals surface area contributed by atoms with Crippen molar-refractivity contribution in [3.63, 3.8) is 0 Å². The summed E-state index contributed by atoms with van der Waals surface area (Å²) in [5.41, 5.74) is 2.61. The normalized spacial score (nSPS) is 18.9. The van der Waals surface area contributed by atoms with Crippen LogP contribution in [0.4, 0.5) is 0 Å². The van der Waals surface area contributed by atoms with Crippen LogP contribution >= 0.6 is 23.2 Å². The fourth-order valence-corrected chi connectivity index (χ4v) is 3.41. The molecule has 0 spiro atoms. The molecule has 2 aromatic rings. The smallest absolute Gasteiger partial charge is 0.0406 e. The van der Waals surface area contributed by atoms with Crippen LogP contribution in [0.25, 0.3) is 0 Å². The van der Waals surface area contributed by atoms with Gasteiger partial charge in [-0.2, -0.15) is 0 Å². The molecule has 0 aliphatic carbocycles. The summed E-state index contributed by atoms with van der Waals surface area (Å²) < 4.78 is 0. The van der Waals surface area contributed by atoms with E-state index >= 15 is 0 Å². The number of halogens is 2. The van der Waals surface area contributed by atoms with Crippen molar-refractivity contribution in [1.29, 1.82) is 0 Å². The van der Waals surface area contributed by atoms with Crippen molar-refractivity contribution in [2.45, 2.75) is 31.2 Å². The van der Waals surface area contributed by atoms with Crippen molar-refractivity contribution in [3.05, 3.63) is 69.7 Å². The van der Waals surface area contributed by atoms with Crippen LogP contribution in [0.3, 0.4) is 0 Å². The molecule has 21 heavy (non-hydrogen) atoms. The predicted octanol–water partition coefficient (Wildman–Crippen LogP) is 5.27. The Labute approximate surface area is 136 Å². The van der Waals surface area contributed by atoms with E-state index in [2.05, 4.69) is 29.6 Å². The molecule has 0 bridgehead atoms. The Kier molecular flexibility index (Phi) is 4.84. The third-order valence-corrected chi connectivity index (χ3v) is 4.71. The van der Waals surface area contributed by atoms with Gasteiger partial charge in [0.1, 0.15) is 0 Å². The van der Waals surface area contributed by atoms with Gasteiger partial charge in [-0.1, -0.05) is 53.9 Å². The van der Waals surface area contributed by atoms with E-state index in [0.29, 0.717) is 12.0 Å². The van der Waals surface area contributed by atoms with Crippen LogP contribution in [0.5, 0.6) is 0 Å². The molecule has 0 saturated carbocycles. The highest BCUT2D eigenvalue weighted by Gasteiger charge is 2.26. The molecule has 3 heteroatoms. The van der Waals surface area contributed by atoms with Gasteiger partial charge in [0, 0.05) is 22.0 Å². The van der Waals surface area contributed by atoms with Crippen molar-refractivity contribution >= 4 is 23.2 Å². The number of piperidine rings is 1. The Morgan fingerprint density at radius 1 is 0.810 bits per heavy atom. The molecule has 0 aromatic heterocycles. The summed E-state index contributed by atoms with van der Waals surface area (Å²) in [5.74, 6) is 0.347. The standard InChI is InChI=1S/C18H19Cl2N/c19-15-8-4-13(5-9-15)18(17-3-1-2-12-21-17)14-6-10-16(20)11-7-14/h4-11,17-18,21H,1-3,12H2. The molecule has 1 heterocycles. The minimum absolute atomic E-state index is 0.347. The zero-order valence-corrected chi connectivity index (χ0v) is 13.4. The van der Waals surface area contributed by atoms with E-state index in [-0.39, 0.29) is 0 Å². The van der Waals surface area contributed by atoms with Gasteiger partial charge in [-0.3, -0.25) is 0 Å². The Hall–Kier alpha value is -1.02. The highest BCUT2D eigenvalue weighted by molar-refractivity contribution is 6.30. The summed E-state index contributed by atoms with van der Waals surface area (Å²) in [6.07, 6.45) is 3.76. The number of benzene rings is 2. The first-order chi connectivity index (χ1) is 10.2. The molecular formula is C18H19Cl2N. The Bertz CT molecular complexity index is 526. The molecule has 1 atom stereocenters. The maximum atomic E-state index is 6.04. The van der Waals surface area contributed by atoms with E-state index in [4.69, 9.17) is 23.2 Å². The summed E-state index contributed by atoms with van der Waals surface area (Å²) in [5, 5.41) is 5.24. The molecule has 0 radical (unpaired) electrons. The lowest BCUT2D eigenvalue weighted by Gasteiger charge is -2.32. The van der Waals surface area contributed by atoms with Crippen LogP contribution in [0.1, 0.15) is 36.3 Å². The van der Waals surface area contributed by atoms with Gasteiger partial charge in [-0.05, 0) is 54.8 Å². The fourth-order valence-electron chi connectivity index (χ4n) is 3.16. The van der Waals surface area contributed by atoms with Crippen LogP contribution < -0.4 is 5.32 Å². The molecular weight excluding hydrogens is 301 g/mol. The fraction of sp³-hybridized carbons (Fsp3) is 0.333. The molecule has 110 valence electrons. The molecule has 2 aromatic carbocycles. The second-order valence-corrected chi connectivity index (χ2v) is 6.51. The largest absolute Gasteiger partial charge is 0.313 e. The summed E-state index contributed by atoms with van der Waals surface area (Å²) >= 11 is 12.1. The lowest BCUT2D eigenvalue weighted by Crippen LogP contribution is -2.39. The van der Waals surface area contributed by atoms with Gasteiger partial charge >= 0.3 is 0 Å². The van der Waals surface area contributed by atoms with E-state index in [0.717, 1.165) is 16.6 Å². The zero-order chi connectivity index (χ0) is 14.7. The lowest BCUT2D eigenvalue weighted by atomic mass is 9.81. The Balaban J connectivity index is 1.97. The molecule has 1 saturated heterocycles. The Morgan fingerprint density at radius 2 is 1.33 bits per heavy atom. The van der Waals surface area contributed by atoms with E-state index in [1.165, 1.54) is 30.4 Å². The van der Waals surface area contributed by atoms with Gasteiger partial charge in [-0.15, -0.1) is 0 Å². The maximum Gasteiger partial charge on any atom is 0.0406 e. The summed E-state index contributed by atoms with van der Waals surface area (Å²) in [4.78, 5) is 0. The van der Waals surface area contributed by atoms with Gasteiger partial charge in [-0.25, -0.2) is 0 Å². The number of nitrogens with one attached hydrogen (secondary N) is 1. The van der Waals surface area contributed by atoms with Gasteiger partial charge < -0.3 is 5.32 Å². The SMILES string of the molecule is Clc1ccc(C(c2ccc(Cl)cc2)C2CCCCN2)cc1. The highest BCUT2D eigenvalue weighted by Crippen LogP contribution is 2.33. The molecule has 1 N–H and O–H groups in total. The minimum atomic E-state index is 0.347. The van der Waals surface area contributed by atoms with Gasteiger partial charge in [0.2, 0.25) is 0 Å². The second kappa shape index (κ2) is 6.83. The number of hydrogen-bond acceptors (Lipinski definition) is 1. The molecule has 3 rings (SSSR count). The molecule has 1 fully saturated rings. The summed E-state index contributed by atoms with van der Waals surface area (Å²) in [6, 6.07) is 16.9. The predicted molar refractivity (Wildman–Crippen MR) is 90.4 cm³/mol. The molecule has 1 nitrogen and oxygen atoms in total. The minimum Gasteiger partial charge on any atom is -0.313 e. The second-order valence-electron chi connectivity index (χ2n) is 5.64. The topological polar surface area (TPSA) is 12.0 Å². The zero-order valence-electron chi connectivity index (χ0n) is 11.9. The van der Waals surface area contributed by atoms with E-state index in [1.807, 2.05) is 24.3 Å². The lowest BCUT2D eigenvalue weighted by molar-refractivity contribution is 0.372. The van der Waals surface area contributed by atoms with Crippen LogP contribution in [-0.4, -0.2) is 12.6 Å². The quantitative estimate of drug-likeness (QED) is 0.812. The average Bonchev–Trinajstić information content (AvgIpc) is 2.52. The van der Waals surface area contributed by atoms with Crippen LogP contribution in [-0.2, 0) is 0 Å². The summed E-state index contributed by atoms with van der Waals surface area (Å²) in [6.45, 7) is 1.10. The van der Waals surface area contributed by atoms with Crippen molar-refractivity contribution in [1.82, 2.24) is 5.32 Å². The molecule has 1 unspecified atom stereocenters. The van der Waals surface area contributed by atoms with E-state index in [9.17, 15) is 0 Å². The summed E-state index contributed by atoms with van der Waals surface area (Å²) in [7, 11) is 0. The maximum absolute atomic E-state index is 6.04. The first kappa shape index (κ1) is 14.9. The third-order valence-electron chi connectivity index (χ3n) is 4.21. The first-order valence-electron chi connectivity index (χ1n) is 7.48. The Morgan fingerprint density at radius 3 is 1.76 bits per heavy atom. The van der Waals surface area contributed by atoms with Crippen molar-refractivity contribution in [2.24, 2.45) is 0 Å². The van der Waals surface area contributed by atoms with Crippen LogP contribution in [0, 0.1) is 0 Å². The van der Waals surface area contributed by atoms with Crippen molar-refractivity contribution in [3.8, 4) is 0 Å². The van der Waals surface area contributed by atoms with Gasteiger partial charge in [0.25, 0.3) is 0 Å². The first-order valence-corrected chi connectivity index (χ1v) is 8.24. The molecule has 1 aliphatic heterocycles. The van der Waals surface area contributed by atoms with E-state index in [1.54, 1.807) is 0 Å². The third kappa shape index (κ3) is 3.60. The van der Waals surface area contributed by atoms with Crippen molar-refractivity contribution < 1.29 is 0 Å². The highest BCUT2D eigenvalue weighted by atomic mass is 35.5. The average molecular weight is 320 g/mol. The van der Waals surface area contributed by atoms with Gasteiger partial charge in [0.15, 0.2) is 0 Å².